The smallest absolute Gasteiger partial charge is 0.223 e. The summed E-state index contributed by atoms with van der Waals surface area (Å²) < 4.78 is 1.78. The zero-order chi connectivity index (χ0) is 10.7. The van der Waals surface area contributed by atoms with E-state index in [0.717, 1.165) is 37.8 Å². The minimum Gasteiger partial charge on any atom is -0.356 e. The Morgan fingerprint density at radius 2 is 2.47 bits per heavy atom. The van der Waals surface area contributed by atoms with Gasteiger partial charge in [-0.1, -0.05) is 6.42 Å². The predicted molar refractivity (Wildman–Crippen MR) is 57.3 cm³/mol. The second-order valence-electron chi connectivity index (χ2n) is 4.21. The molecule has 1 saturated heterocycles. The molecule has 15 heavy (non-hydrogen) atoms. The second-order valence-corrected chi connectivity index (χ2v) is 4.21. The lowest BCUT2D eigenvalue weighted by atomic mass is 9.96. The highest BCUT2D eigenvalue weighted by Gasteiger charge is 2.21. The molecule has 0 aliphatic carbocycles. The van der Waals surface area contributed by atoms with Gasteiger partial charge in [-0.2, -0.15) is 5.10 Å². The minimum absolute atomic E-state index is 0.136. The van der Waals surface area contributed by atoms with E-state index >= 15 is 0 Å². The van der Waals surface area contributed by atoms with Crippen LogP contribution in [0, 0.1) is 5.92 Å². The maximum atomic E-state index is 11.7. The van der Waals surface area contributed by atoms with Crippen molar-refractivity contribution >= 4 is 5.91 Å². The fraction of sp³-hybridized carbons (Fsp3) is 0.636. The second kappa shape index (κ2) is 4.47. The standard InChI is InChI=1S/C11H17N3O/c1-14-8-9(7-13-14)6-10-4-2-3-5-12-11(10)15/h7-8,10H,2-6H2,1H3,(H,12,15). The van der Waals surface area contributed by atoms with Crippen LogP contribution in [-0.2, 0) is 18.3 Å². The van der Waals surface area contributed by atoms with Gasteiger partial charge in [0.05, 0.1) is 6.20 Å². The van der Waals surface area contributed by atoms with Gasteiger partial charge in [0.25, 0.3) is 0 Å². The summed E-state index contributed by atoms with van der Waals surface area (Å²) in [7, 11) is 1.90. The van der Waals surface area contributed by atoms with Crippen LogP contribution in [0.3, 0.4) is 0 Å². The van der Waals surface area contributed by atoms with Crippen molar-refractivity contribution in [1.29, 1.82) is 0 Å². The summed E-state index contributed by atoms with van der Waals surface area (Å²) in [4.78, 5) is 11.7. The van der Waals surface area contributed by atoms with Gasteiger partial charge in [-0.25, -0.2) is 0 Å². The Morgan fingerprint density at radius 1 is 1.60 bits per heavy atom. The number of hydrogen-bond donors (Lipinski definition) is 1. The van der Waals surface area contributed by atoms with Crippen LogP contribution >= 0.6 is 0 Å². The Kier molecular flexibility index (Phi) is 3.04. The third-order valence-electron chi connectivity index (χ3n) is 2.89. The molecule has 0 bridgehead atoms. The van der Waals surface area contributed by atoms with Gasteiger partial charge in [-0.15, -0.1) is 0 Å². The monoisotopic (exact) mass is 207 g/mol. The summed E-state index contributed by atoms with van der Waals surface area (Å²) in [6, 6.07) is 0. The van der Waals surface area contributed by atoms with Crippen molar-refractivity contribution < 1.29 is 4.79 Å². The van der Waals surface area contributed by atoms with Gasteiger partial charge in [0.2, 0.25) is 5.91 Å². The number of nitrogens with one attached hydrogen (secondary N) is 1. The molecule has 1 aromatic heterocycles. The first-order valence-electron chi connectivity index (χ1n) is 5.51. The molecule has 0 aromatic carbocycles. The van der Waals surface area contributed by atoms with E-state index in [4.69, 9.17) is 0 Å². The summed E-state index contributed by atoms with van der Waals surface area (Å²) in [5.41, 5.74) is 1.15. The lowest BCUT2D eigenvalue weighted by Crippen LogP contribution is -2.29. The third kappa shape index (κ3) is 2.58. The van der Waals surface area contributed by atoms with Crippen molar-refractivity contribution in [3.63, 3.8) is 0 Å². The number of aromatic nitrogens is 2. The molecule has 1 aliphatic rings. The number of rotatable bonds is 2. The highest BCUT2D eigenvalue weighted by molar-refractivity contribution is 5.79. The van der Waals surface area contributed by atoms with Crippen LogP contribution in [0.2, 0.25) is 0 Å². The van der Waals surface area contributed by atoms with Gasteiger partial charge in [-0.3, -0.25) is 9.48 Å². The highest BCUT2D eigenvalue weighted by Crippen LogP contribution is 2.17. The SMILES string of the molecule is Cn1cc(CC2CCCCNC2=O)cn1. The Labute approximate surface area is 89.7 Å². The van der Waals surface area contributed by atoms with Gasteiger partial charge in [0, 0.05) is 25.7 Å². The van der Waals surface area contributed by atoms with Gasteiger partial charge in [-0.05, 0) is 24.8 Å². The fourth-order valence-electron chi connectivity index (χ4n) is 2.06. The summed E-state index contributed by atoms with van der Waals surface area (Å²) in [6.07, 6.45) is 7.90. The molecule has 4 nitrogen and oxygen atoms in total. The third-order valence-corrected chi connectivity index (χ3v) is 2.89. The Hall–Kier alpha value is -1.32. The average molecular weight is 207 g/mol. The molecule has 0 spiro atoms. The maximum Gasteiger partial charge on any atom is 0.223 e. The largest absolute Gasteiger partial charge is 0.356 e. The molecule has 0 radical (unpaired) electrons. The zero-order valence-corrected chi connectivity index (χ0v) is 9.07. The van der Waals surface area contributed by atoms with Crippen molar-refractivity contribution in [3.05, 3.63) is 18.0 Å². The van der Waals surface area contributed by atoms with E-state index in [1.54, 1.807) is 4.68 Å². The molecule has 2 heterocycles. The number of aryl methyl sites for hydroxylation is 1. The molecule has 0 saturated carbocycles. The van der Waals surface area contributed by atoms with E-state index in [1.807, 2.05) is 19.4 Å². The van der Waals surface area contributed by atoms with Gasteiger partial charge in [0.1, 0.15) is 0 Å². The van der Waals surface area contributed by atoms with Crippen molar-refractivity contribution in [2.75, 3.05) is 6.54 Å². The van der Waals surface area contributed by atoms with E-state index < -0.39 is 0 Å². The molecule has 1 amide bonds. The zero-order valence-electron chi connectivity index (χ0n) is 9.07. The molecule has 1 fully saturated rings. The highest BCUT2D eigenvalue weighted by atomic mass is 16.1. The molecular weight excluding hydrogens is 190 g/mol. The van der Waals surface area contributed by atoms with E-state index in [9.17, 15) is 4.79 Å². The maximum absolute atomic E-state index is 11.7. The molecule has 1 unspecified atom stereocenters. The predicted octanol–water partition coefficient (Wildman–Crippen LogP) is 0.879. The Morgan fingerprint density at radius 3 is 3.20 bits per heavy atom. The molecule has 82 valence electrons. The normalized spacial score (nSPS) is 22.2. The van der Waals surface area contributed by atoms with Crippen LogP contribution in [-0.4, -0.2) is 22.2 Å². The van der Waals surface area contributed by atoms with E-state index in [0.29, 0.717) is 0 Å². The van der Waals surface area contributed by atoms with Crippen LogP contribution < -0.4 is 5.32 Å². The number of carbonyl (C=O) groups is 1. The first-order chi connectivity index (χ1) is 7.25. The lowest BCUT2D eigenvalue weighted by molar-refractivity contribution is -0.124. The van der Waals surface area contributed by atoms with Crippen LogP contribution in [0.1, 0.15) is 24.8 Å². The van der Waals surface area contributed by atoms with E-state index in [1.165, 1.54) is 0 Å². The average Bonchev–Trinajstić information content (AvgIpc) is 2.50. The summed E-state index contributed by atoms with van der Waals surface area (Å²) >= 11 is 0. The van der Waals surface area contributed by atoms with Crippen molar-refractivity contribution in [2.24, 2.45) is 13.0 Å². The molecule has 1 aromatic rings. The van der Waals surface area contributed by atoms with Crippen LogP contribution in [0.15, 0.2) is 12.4 Å². The first-order valence-corrected chi connectivity index (χ1v) is 5.51. The van der Waals surface area contributed by atoms with Crippen LogP contribution in [0.25, 0.3) is 0 Å². The van der Waals surface area contributed by atoms with E-state index in [-0.39, 0.29) is 11.8 Å². The Bertz CT molecular complexity index is 345. The van der Waals surface area contributed by atoms with Gasteiger partial charge in [0.15, 0.2) is 0 Å². The van der Waals surface area contributed by atoms with Crippen LogP contribution in [0.5, 0.6) is 0 Å². The molecule has 2 rings (SSSR count). The minimum atomic E-state index is 0.136. The molecule has 1 N–H and O–H groups in total. The number of carbonyl (C=O) groups excluding carboxylic acids is 1. The number of nitrogens with zero attached hydrogens (tertiary/aromatic N) is 2. The van der Waals surface area contributed by atoms with E-state index in [2.05, 4.69) is 10.4 Å². The lowest BCUT2D eigenvalue weighted by Gasteiger charge is -2.11. The number of hydrogen-bond acceptors (Lipinski definition) is 2. The van der Waals surface area contributed by atoms with Gasteiger partial charge < -0.3 is 5.32 Å². The first kappa shape index (κ1) is 10.2. The van der Waals surface area contributed by atoms with Crippen molar-refractivity contribution in [3.8, 4) is 0 Å². The Balaban J connectivity index is 2.00. The quantitative estimate of drug-likeness (QED) is 0.782. The summed E-state index contributed by atoms with van der Waals surface area (Å²) in [6.45, 7) is 0.836. The molecule has 1 aliphatic heterocycles. The van der Waals surface area contributed by atoms with Gasteiger partial charge >= 0.3 is 0 Å². The molecule has 1 atom stereocenters. The fourth-order valence-corrected chi connectivity index (χ4v) is 2.06. The summed E-state index contributed by atoms with van der Waals surface area (Å²) in [5, 5.41) is 7.07. The van der Waals surface area contributed by atoms with Crippen LogP contribution in [0.4, 0.5) is 0 Å². The number of amides is 1. The molecular formula is C11H17N3O. The van der Waals surface area contributed by atoms with Crippen molar-refractivity contribution in [2.45, 2.75) is 25.7 Å². The topological polar surface area (TPSA) is 46.9 Å². The van der Waals surface area contributed by atoms with Crippen molar-refractivity contribution in [1.82, 2.24) is 15.1 Å². The molecule has 4 heteroatoms. The summed E-state index contributed by atoms with van der Waals surface area (Å²) in [5.74, 6) is 0.341.